The van der Waals surface area contributed by atoms with E-state index in [4.69, 9.17) is 33.0 Å². The van der Waals surface area contributed by atoms with Gasteiger partial charge in [0.1, 0.15) is 5.82 Å². The molecule has 1 amide bonds. The van der Waals surface area contributed by atoms with Gasteiger partial charge in [0.15, 0.2) is 39.9 Å². The first-order valence-corrected chi connectivity index (χ1v) is 42.0. The van der Waals surface area contributed by atoms with Gasteiger partial charge in [0, 0.05) is 214 Å². The molecule has 10 N–H and O–H groups in total. The minimum absolute atomic E-state index is 0.0982. The van der Waals surface area contributed by atoms with Crippen LogP contribution in [0.2, 0.25) is 10.0 Å². The molecule has 0 unspecified atom stereocenters. The van der Waals surface area contributed by atoms with E-state index in [1.54, 1.807) is 91.8 Å². The fraction of sp³-hybridized carbons (Fsp3) is 0.213. The molecule has 16 aromatic rings. The van der Waals surface area contributed by atoms with Crippen LogP contribution in [0.5, 0.6) is 11.5 Å². The number of anilines is 11. The molecule has 125 heavy (non-hydrogen) atoms. The lowest BCUT2D eigenvalue weighted by Crippen LogP contribution is -2.48. The molecule has 5 aromatic carbocycles. The number of halogens is 3. The monoisotopic (exact) mass is 1720 g/mol. The molecule has 3 aliphatic rings. The number of aromatic hydroxyl groups is 2. The van der Waals surface area contributed by atoms with Crippen molar-refractivity contribution in [1.29, 1.82) is 0 Å². The number of aromatic nitrogens is 11. The molecule has 19 rings (SSSR count). The van der Waals surface area contributed by atoms with Crippen LogP contribution in [0.3, 0.4) is 0 Å². The highest BCUT2D eigenvalue weighted by Gasteiger charge is 2.24. The fourth-order valence-corrected chi connectivity index (χ4v) is 16.0. The highest BCUT2D eigenvalue weighted by Crippen LogP contribution is 2.39. The van der Waals surface area contributed by atoms with E-state index in [-0.39, 0.29) is 51.7 Å². The topological polar surface area (TPSA) is 311 Å². The van der Waals surface area contributed by atoms with E-state index in [0.717, 1.165) is 186 Å². The number of aliphatic hydroxyl groups excluding tert-OH is 1. The van der Waals surface area contributed by atoms with Gasteiger partial charge in [0.25, 0.3) is 5.91 Å². The fourth-order valence-electron chi connectivity index (χ4n) is 15.5. The summed E-state index contributed by atoms with van der Waals surface area (Å²) in [5, 5.41) is 45.2. The molecular formula is C94H94Cl2FN21O7. The third-order valence-electron chi connectivity index (χ3n) is 22.2. The predicted octanol–water partition coefficient (Wildman–Crippen LogP) is 16.2. The molecule has 0 bridgehead atoms. The largest absolute Gasteiger partial charge is 0.505 e. The van der Waals surface area contributed by atoms with E-state index >= 15 is 0 Å². The molecule has 14 heterocycles. The molecule has 638 valence electrons. The molecule has 0 radical (unpaired) electrons. The second-order valence-electron chi connectivity index (χ2n) is 30.7. The predicted molar refractivity (Wildman–Crippen MR) is 494 cm³/mol. The van der Waals surface area contributed by atoms with E-state index in [2.05, 4.69) is 162 Å². The van der Waals surface area contributed by atoms with Crippen molar-refractivity contribution in [2.24, 2.45) is 0 Å². The summed E-state index contributed by atoms with van der Waals surface area (Å²) in [5.74, 6) is -0.395. The number of piperazine rings is 2. The number of ether oxygens (including phenoxy) is 1. The number of aromatic amines is 2. The number of imidazole rings is 4. The van der Waals surface area contributed by atoms with E-state index in [9.17, 15) is 29.0 Å². The zero-order valence-electron chi connectivity index (χ0n) is 69.2. The van der Waals surface area contributed by atoms with E-state index < -0.39 is 5.82 Å². The number of rotatable bonds is 20. The van der Waals surface area contributed by atoms with Crippen LogP contribution >= 0.6 is 23.2 Å². The maximum atomic E-state index is 13.5. The van der Waals surface area contributed by atoms with Gasteiger partial charge in [-0.2, -0.15) is 0 Å². The molecular weight excluding hydrogens is 1630 g/mol. The second-order valence-corrected chi connectivity index (χ2v) is 31.6. The van der Waals surface area contributed by atoms with Crippen molar-refractivity contribution in [2.75, 3.05) is 128 Å². The summed E-state index contributed by atoms with van der Waals surface area (Å²) in [6.07, 6.45) is 19.5. The minimum Gasteiger partial charge on any atom is -0.505 e. The molecule has 3 saturated heterocycles. The average Bonchev–Trinajstić information content (AvgIpc) is 1.67. The summed E-state index contributed by atoms with van der Waals surface area (Å²) in [5.41, 5.74) is 19.4. The Hall–Kier alpha value is -14.1. The third-order valence-corrected chi connectivity index (χ3v) is 22.8. The van der Waals surface area contributed by atoms with Gasteiger partial charge in [-0.1, -0.05) is 23.2 Å². The Labute approximate surface area is 729 Å². The van der Waals surface area contributed by atoms with Crippen LogP contribution in [0.15, 0.2) is 266 Å². The number of phenolic OH excluding ortho intramolecular Hbond substituents is 2. The number of hydrogen-bond donors (Lipinski definition) is 10. The Morgan fingerprint density at radius 1 is 0.448 bits per heavy atom. The SMILES string of the molecule is CC(C)N1CCN(c2ccc(Nc3ccc(-c4cc(Cl)c(O)c(Cl)c4)n4ccnc34)cc2)CC1.CC(C)N1CCN(c2ccc(Nc3ccc(-c4ccc(F)c(O)c4)n4ccnc34)cc2)CC1.O=C(NCCO)c1ccc(Nc2ccc(-c3cc[nH]c(=O)c3)n3ccnc23)cc1.O=c1cc(-c2ccc(Nc3ccc(N4CCOCC4)nc3)c3nccn23)cc[nH]1. The van der Waals surface area contributed by atoms with Crippen LogP contribution in [-0.2, 0) is 4.74 Å². The van der Waals surface area contributed by atoms with E-state index in [0.29, 0.717) is 28.9 Å². The van der Waals surface area contributed by atoms with E-state index in [1.165, 1.54) is 23.5 Å². The van der Waals surface area contributed by atoms with Crippen molar-refractivity contribution in [3.8, 4) is 56.5 Å². The number of fused-ring (bicyclic) bond motifs is 4. The molecule has 28 nitrogen and oxygen atoms in total. The zero-order valence-corrected chi connectivity index (χ0v) is 70.7. The molecule has 0 saturated carbocycles. The van der Waals surface area contributed by atoms with Gasteiger partial charge in [0.05, 0.1) is 87.3 Å². The van der Waals surface area contributed by atoms with Gasteiger partial charge in [-0.15, -0.1) is 0 Å². The van der Waals surface area contributed by atoms with Crippen LogP contribution in [0.25, 0.3) is 67.6 Å². The van der Waals surface area contributed by atoms with Crippen molar-refractivity contribution in [1.82, 2.24) is 67.6 Å². The van der Waals surface area contributed by atoms with Crippen molar-refractivity contribution in [3.63, 3.8) is 0 Å². The number of nitrogens with zero attached hydrogens (tertiary/aromatic N) is 14. The molecule has 3 fully saturated rings. The first-order valence-electron chi connectivity index (χ1n) is 41.3. The minimum atomic E-state index is -0.635. The quantitative estimate of drug-likeness (QED) is 0.0339. The number of benzene rings is 5. The molecule has 0 aliphatic carbocycles. The summed E-state index contributed by atoms with van der Waals surface area (Å²) in [6.45, 7) is 20.9. The Balaban J connectivity index is 0.000000123. The lowest BCUT2D eigenvalue weighted by molar-refractivity contribution is 0.0944. The van der Waals surface area contributed by atoms with Gasteiger partial charge in [0.2, 0.25) is 11.1 Å². The van der Waals surface area contributed by atoms with Crippen LogP contribution in [0, 0.1) is 5.82 Å². The number of carbonyl (C=O) groups excluding carboxylic acids is 1. The molecule has 3 aliphatic heterocycles. The summed E-state index contributed by atoms with van der Waals surface area (Å²) in [4.78, 5) is 75.2. The summed E-state index contributed by atoms with van der Waals surface area (Å²) in [6, 6.07) is 59.5. The van der Waals surface area contributed by atoms with Crippen molar-refractivity contribution in [2.45, 2.75) is 39.8 Å². The Morgan fingerprint density at radius 2 is 0.840 bits per heavy atom. The number of phenols is 2. The molecule has 31 heteroatoms. The second kappa shape index (κ2) is 38.6. The van der Waals surface area contributed by atoms with Gasteiger partial charge < -0.3 is 71.3 Å². The number of pyridine rings is 7. The van der Waals surface area contributed by atoms with E-state index in [1.807, 2.05) is 121 Å². The standard InChI is InChI=1S/C26H27Cl2N5O.C26H28FN5O.C21H20N6O2.C21H19N5O3/c1-17(2)31-11-13-32(14-12-31)20-5-3-19(4-6-20)30-23-7-8-24(33-10-9-29-26(23)33)18-15-21(27)25(34)22(28)16-18;1-18(2)30-13-15-31(16-14-30)21-6-4-20(5-7-21)29-23-9-10-24(32-12-11-28-26(23)32)19-3-8-22(27)25(33)17-19;28-20-13-15(5-6-22-20)18-3-2-17(21-23-7-8-27(18)21)25-16-1-4-19(24-14-16)26-9-11-29-12-10-26;27-12-10-24-21(29)14-1-3-16(4-2-14)25-17-5-6-18(26-11-9-23-20(17)26)15-7-8-22-19(28)13-15/h3-10,15-17,30,34H,11-14H2,1-2H3;3-12,17-18,29,33H,13-16H2,1-2H3;1-8,13-14,25H,9-12H2,(H,22,28);1-9,11,13,25,27H,10,12H2,(H,22,28)(H,24,29). The zero-order chi connectivity index (χ0) is 86.6. The summed E-state index contributed by atoms with van der Waals surface area (Å²) in [7, 11) is 0. The van der Waals surface area contributed by atoms with Crippen molar-refractivity contribution in [3.05, 3.63) is 298 Å². The number of nitrogens with one attached hydrogen (secondary N) is 7. The van der Waals surface area contributed by atoms with Gasteiger partial charge in [-0.05, 0) is 204 Å². The molecule has 0 atom stereocenters. The smallest absolute Gasteiger partial charge is 0.251 e. The highest BCUT2D eigenvalue weighted by atomic mass is 35.5. The lowest BCUT2D eigenvalue weighted by atomic mass is 10.1. The molecule has 11 aromatic heterocycles. The average molecular weight is 1720 g/mol. The number of hydrogen-bond acceptors (Lipinski definition) is 21. The first-order chi connectivity index (χ1) is 60.8. The Morgan fingerprint density at radius 3 is 1.22 bits per heavy atom. The Kier molecular flexibility index (Phi) is 26.1. The van der Waals surface area contributed by atoms with Gasteiger partial charge in [-0.3, -0.25) is 41.8 Å². The van der Waals surface area contributed by atoms with Gasteiger partial charge in [-0.25, -0.2) is 29.3 Å². The number of aliphatic hydroxyl groups is 1. The Bertz CT molecular complexity index is 6530. The van der Waals surface area contributed by atoms with Crippen LogP contribution in [-0.4, -0.2) is 187 Å². The summed E-state index contributed by atoms with van der Waals surface area (Å²) >= 11 is 12.3. The number of amides is 1. The van der Waals surface area contributed by atoms with Gasteiger partial charge >= 0.3 is 0 Å². The van der Waals surface area contributed by atoms with Crippen LogP contribution in [0.1, 0.15) is 38.1 Å². The number of carbonyl (C=O) groups is 1. The maximum Gasteiger partial charge on any atom is 0.251 e. The molecule has 0 spiro atoms. The maximum absolute atomic E-state index is 13.5. The number of H-pyrrole nitrogens is 2. The van der Waals surface area contributed by atoms with Crippen LogP contribution in [0.4, 0.5) is 67.1 Å². The number of morpholine rings is 1. The normalized spacial score (nSPS) is 13.8. The summed E-state index contributed by atoms with van der Waals surface area (Å²) < 4.78 is 26.7. The van der Waals surface area contributed by atoms with Crippen molar-refractivity contribution < 1.29 is 29.2 Å². The van der Waals surface area contributed by atoms with Crippen molar-refractivity contribution >= 4 is 114 Å². The highest BCUT2D eigenvalue weighted by molar-refractivity contribution is 6.37. The third kappa shape index (κ3) is 19.7. The van der Waals surface area contributed by atoms with Crippen LogP contribution < -0.4 is 52.4 Å². The first kappa shape index (κ1) is 84.5. The lowest BCUT2D eigenvalue weighted by Gasteiger charge is -2.38.